The standard InChI is InChI=1S/C20H28N2O4S2/c1-3-20-11-8-13-12-14(27(21,23)24)4-5-15(13)16(20)9-10-19(2)17(20)6-7-18(19)28(22,25)26/h3-5,12,16-18H,1,6-11H2,2H3,(H2,21,23,24)(H2,22,25,26)/t16?,17?,18-,19-,20+/m0/s1. The summed E-state index contributed by atoms with van der Waals surface area (Å²) in [6.45, 7) is 6.26. The van der Waals surface area contributed by atoms with Crippen molar-refractivity contribution >= 4 is 20.0 Å². The van der Waals surface area contributed by atoms with Gasteiger partial charge >= 0.3 is 0 Å². The quantitative estimate of drug-likeness (QED) is 0.724. The molecule has 0 bridgehead atoms. The zero-order valence-electron chi connectivity index (χ0n) is 16.1. The predicted molar refractivity (Wildman–Crippen MR) is 108 cm³/mol. The van der Waals surface area contributed by atoms with Gasteiger partial charge in [-0.25, -0.2) is 27.1 Å². The number of hydrogen-bond donors (Lipinski definition) is 2. The van der Waals surface area contributed by atoms with Crippen molar-refractivity contribution in [2.75, 3.05) is 0 Å². The third-order valence-electron chi connectivity index (χ3n) is 7.94. The molecule has 154 valence electrons. The number of sulfonamides is 2. The summed E-state index contributed by atoms with van der Waals surface area (Å²) in [5.41, 5.74) is 1.64. The zero-order valence-corrected chi connectivity index (χ0v) is 17.7. The number of primary sulfonamides is 2. The zero-order chi connectivity index (χ0) is 20.5. The predicted octanol–water partition coefficient (Wildman–Crippen LogP) is 2.40. The van der Waals surface area contributed by atoms with Crippen LogP contribution in [0.25, 0.3) is 0 Å². The molecule has 2 saturated carbocycles. The summed E-state index contributed by atoms with van der Waals surface area (Å²) in [5.74, 6) is 0.409. The Balaban J connectivity index is 1.80. The Morgan fingerprint density at radius 1 is 1.11 bits per heavy atom. The van der Waals surface area contributed by atoms with Gasteiger partial charge in [-0.3, -0.25) is 0 Å². The Hall–Kier alpha value is -1.22. The van der Waals surface area contributed by atoms with Crippen LogP contribution in [0.5, 0.6) is 0 Å². The topological polar surface area (TPSA) is 120 Å². The normalized spacial score (nSPS) is 37.6. The van der Waals surface area contributed by atoms with Gasteiger partial charge in [0.05, 0.1) is 10.1 Å². The lowest BCUT2D eigenvalue weighted by molar-refractivity contribution is 0.00602. The highest BCUT2D eigenvalue weighted by molar-refractivity contribution is 7.89. The molecule has 2 fully saturated rings. The van der Waals surface area contributed by atoms with E-state index in [-0.39, 0.29) is 27.6 Å². The minimum Gasteiger partial charge on any atom is -0.228 e. The van der Waals surface area contributed by atoms with Crippen molar-refractivity contribution < 1.29 is 16.8 Å². The number of hydrogen-bond acceptors (Lipinski definition) is 4. The molecule has 0 saturated heterocycles. The molecule has 5 atom stereocenters. The van der Waals surface area contributed by atoms with Crippen molar-refractivity contribution in [3.05, 3.63) is 42.0 Å². The van der Waals surface area contributed by atoms with Gasteiger partial charge < -0.3 is 0 Å². The van der Waals surface area contributed by atoms with Crippen molar-refractivity contribution in [2.24, 2.45) is 27.0 Å². The van der Waals surface area contributed by atoms with E-state index in [0.29, 0.717) is 6.42 Å². The van der Waals surface area contributed by atoms with Crippen LogP contribution in [0, 0.1) is 16.7 Å². The van der Waals surface area contributed by atoms with Gasteiger partial charge in [-0.1, -0.05) is 19.1 Å². The largest absolute Gasteiger partial charge is 0.238 e. The maximum atomic E-state index is 12.3. The molecule has 4 rings (SSSR count). The number of allylic oxidation sites excluding steroid dienone is 1. The van der Waals surface area contributed by atoms with Gasteiger partial charge in [0.15, 0.2) is 0 Å². The summed E-state index contributed by atoms with van der Waals surface area (Å²) in [5, 5.41) is 10.4. The fraction of sp³-hybridized carbons (Fsp3) is 0.600. The fourth-order valence-electron chi connectivity index (χ4n) is 6.77. The van der Waals surface area contributed by atoms with E-state index in [1.54, 1.807) is 12.1 Å². The van der Waals surface area contributed by atoms with E-state index in [1.165, 1.54) is 0 Å². The van der Waals surface area contributed by atoms with E-state index in [1.807, 2.05) is 12.1 Å². The second-order valence-electron chi connectivity index (χ2n) is 9.03. The van der Waals surface area contributed by atoms with Crippen LogP contribution in [0.15, 0.2) is 35.7 Å². The molecule has 1 aromatic rings. The molecule has 0 aromatic heterocycles. The molecule has 3 aliphatic rings. The van der Waals surface area contributed by atoms with E-state index in [2.05, 4.69) is 13.5 Å². The highest BCUT2D eigenvalue weighted by atomic mass is 32.2. The van der Waals surface area contributed by atoms with Crippen LogP contribution in [-0.4, -0.2) is 22.1 Å². The number of fused-ring (bicyclic) bond motifs is 5. The van der Waals surface area contributed by atoms with Crippen molar-refractivity contribution in [1.82, 2.24) is 0 Å². The average Bonchev–Trinajstić information content (AvgIpc) is 2.98. The lowest BCUT2D eigenvalue weighted by atomic mass is 9.47. The summed E-state index contributed by atoms with van der Waals surface area (Å²) < 4.78 is 48.0. The molecular formula is C20H28N2O4S2. The average molecular weight is 425 g/mol. The van der Waals surface area contributed by atoms with Crippen molar-refractivity contribution in [2.45, 2.75) is 61.5 Å². The lowest BCUT2D eigenvalue weighted by Crippen LogP contribution is -2.52. The number of aryl methyl sites for hydroxylation is 1. The number of rotatable bonds is 3. The maximum Gasteiger partial charge on any atom is 0.238 e. The molecule has 0 aliphatic heterocycles. The lowest BCUT2D eigenvalue weighted by Gasteiger charge is -2.57. The van der Waals surface area contributed by atoms with Crippen LogP contribution in [0.1, 0.15) is 56.1 Å². The van der Waals surface area contributed by atoms with E-state index in [9.17, 15) is 16.8 Å². The Bertz CT molecular complexity index is 1050. The van der Waals surface area contributed by atoms with Crippen LogP contribution in [0.4, 0.5) is 0 Å². The highest BCUT2D eigenvalue weighted by Gasteiger charge is 2.63. The smallest absolute Gasteiger partial charge is 0.228 e. The van der Waals surface area contributed by atoms with Gasteiger partial charge in [0, 0.05) is 0 Å². The van der Waals surface area contributed by atoms with Crippen molar-refractivity contribution in [3.8, 4) is 0 Å². The summed E-state index contributed by atoms with van der Waals surface area (Å²) in [7, 11) is -7.34. The van der Waals surface area contributed by atoms with E-state index >= 15 is 0 Å². The summed E-state index contributed by atoms with van der Waals surface area (Å²) in [6, 6.07) is 5.18. The van der Waals surface area contributed by atoms with Crippen LogP contribution >= 0.6 is 0 Å². The van der Waals surface area contributed by atoms with Crippen LogP contribution in [0.2, 0.25) is 0 Å². The van der Waals surface area contributed by atoms with Crippen LogP contribution < -0.4 is 10.3 Å². The SMILES string of the molecule is C=C[C@@]12CCc3cc(S(N)(=O)=O)ccc3C1CC[C@@]1(C)C2CC[C@@H]1S(N)(=O)=O. The van der Waals surface area contributed by atoms with Gasteiger partial charge in [0.1, 0.15) is 0 Å². The Morgan fingerprint density at radius 2 is 1.82 bits per heavy atom. The van der Waals surface area contributed by atoms with E-state index in [0.717, 1.165) is 43.2 Å². The van der Waals surface area contributed by atoms with Gasteiger partial charge in [0.25, 0.3) is 0 Å². The monoisotopic (exact) mass is 424 g/mol. The molecule has 4 N–H and O–H groups in total. The van der Waals surface area contributed by atoms with Gasteiger partial charge in [-0.05, 0) is 84.5 Å². The summed E-state index contributed by atoms with van der Waals surface area (Å²) in [4.78, 5) is 0.146. The highest BCUT2D eigenvalue weighted by Crippen LogP contribution is 2.68. The third-order valence-corrected chi connectivity index (χ3v) is 10.4. The Morgan fingerprint density at radius 3 is 2.43 bits per heavy atom. The first-order valence-corrected chi connectivity index (χ1v) is 12.9. The first kappa shape index (κ1) is 20.1. The first-order valence-electron chi connectivity index (χ1n) is 9.74. The molecule has 3 aliphatic carbocycles. The molecule has 6 nitrogen and oxygen atoms in total. The second kappa shape index (κ2) is 6.14. The number of nitrogens with two attached hydrogens (primary N) is 2. The maximum absolute atomic E-state index is 12.3. The summed E-state index contributed by atoms with van der Waals surface area (Å²) >= 11 is 0. The minimum atomic E-state index is -3.73. The molecule has 0 amide bonds. The van der Waals surface area contributed by atoms with Gasteiger partial charge in [-0.15, -0.1) is 6.58 Å². The molecule has 0 heterocycles. The third kappa shape index (κ3) is 2.72. The Kier molecular flexibility index (Phi) is 4.40. The molecule has 8 heteroatoms. The minimum absolute atomic E-state index is 0.146. The molecule has 2 unspecified atom stereocenters. The van der Waals surface area contributed by atoms with Crippen molar-refractivity contribution in [1.29, 1.82) is 0 Å². The number of benzene rings is 1. The fourth-order valence-corrected chi connectivity index (χ4v) is 8.83. The first-order chi connectivity index (χ1) is 12.9. The molecule has 0 radical (unpaired) electrons. The summed E-state index contributed by atoms with van der Waals surface area (Å²) in [6.07, 6.45) is 6.65. The molecule has 0 spiro atoms. The van der Waals surface area contributed by atoms with E-state index in [4.69, 9.17) is 10.3 Å². The molecular weight excluding hydrogens is 396 g/mol. The van der Waals surface area contributed by atoms with Crippen molar-refractivity contribution in [3.63, 3.8) is 0 Å². The van der Waals surface area contributed by atoms with Crippen LogP contribution in [-0.2, 0) is 26.5 Å². The molecule has 28 heavy (non-hydrogen) atoms. The second-order valence-corrected chi connectivity index (χ2v) is 12.3. The Labute approximate surface area is 167 Å². The van der Waals surface area contributed by atoms with Gasteiger partial charge in [0.2, 0.25) is 20.0 Å². The van der Waals surface area contributed by atoms with E-state index < -0.39 is 25.3 Å². The van der Waals surface area contributed by atoms with Gasteiger partial charge in [-0.2, -0.15) is 0 Å². The van der Waals surface area contributed by atoms with Crippen LogP contribution in [0.3, 0.4) is 0 Å². The molecule has 1 aromatic carbocycles.